The first-order valence-corrected chi connectivity index (χ1v) is 19.4. The van der Waals surface area contributed by atoms with Crippen molar-refractivity contribution in [3.05, 3.63) is 143 Å². The minimum atomic E-state index is -0.136. The summed E-state index contributed by atoms with van der Waals surface area (Å²) < 4.78 is 2.22. The Labute approximate surface area is 348 Å². The van der Waals surface area contributed by atoms with Gasteiger partial charge in [0, 0.05) is 33.0 Å². The van der Waals surface area contributed by atoms with E-state index in [1.54, 1.807) is 6.07 Å². The van der Waals surface area contributed by atoms with Crippen LogP contribution in [0.1, 0.15) is 95.7 Å². The molecule has 290 valence electrons. The predicted molar refractivity (Wildman–Crippen MR) is 231 cm³/mol. The number of aromatic nitrogens is 3. The zero-order valence-electron chi connectivity index (χ0n) is 34.9. The summed E-state index contributed by atoms with van der Waals surface area (Å²) in [6, 6.07) is 38.0. The maximum atomic E-state index is 11.2. The number of rotatable bonds is 5. The zero-order valence-corrected chi connectivity index (χ0v) is 37.2. The SMILES string of the molecule is Cc1cc(C)c(-n2c(-c3ccccc3O)nc3c(-c4[c-]c(-c5cc(-c6cc(C(C)(C)C)cc(C(C)(C)C)c6)ccn5)cc(C(C)(C)C)c4)cccc32)c(C)c1.[Pt]. The fourth-order valence-electron chi connectivity index (χ4n) is 7.62. The molecule has 4 nitrogen and oxygen atoms in total. The smallest absolute Gasteiger partial charge is 0.148 e. The molecule has 0 aliphatic heterocycles. The number of aromatic hydroxyl groups is 1. The number of fused-ring (bicyclic) bond motifs is 1. The van der Waals surface area contributed by atoms with Gasteiger partial charge in [-0.25, -0.2) is 4.98 Å². The molecule has 0 saturated carbocycles. The molecule has 0 unspecified atom stereocenters. The molecule has 0 aliphatic carbocycles. The summed E-state index contributed by atoms with van der Waals surface area (Å²) in [5.41, 5.74) is 16.9. The van der Waals surface area contributed by atoms with Crippen LogP contribution in [0.5, 0.6) is 5.75 Å². The van der Waals surface area contributed by atoms with Crippen molar-refractivity contribution in [2.24, 2.45) is 0 Å². The first kappa shape index (κ1) is 40.9. The van der Waals surface area contributed by atoms with E-state index in [4.69, 9.17) is 9.97 Å². The number of hydrogen-bond acceptors (Lipinski definition) is 3. The van der Waals surface area contributed by atoms with Crippen molar-refractivity contribution in [2.45, 2.75) is 99.3 Å². The third kappa shape index (κ3) is 7.91. The summed E-state index contributed by atoms with van der Waals surface area (Å²) in [7, 11) is 0. The Morgan fingerprint density at radius 1 is 0.589 bits per heavy atom. The van der Waals surface area contributed by atoms with E-state index >= 15 is 0 Å². The minimum Gasteiger partial charge on any atom is -0.507 e. The Hall–Kier alpha value is -4.79. The molecule has 1 N–H and O–H groups in total. The summed E-state index contributed by atoms with van der Waals surface area (Å²) in [5, 5.41) is 11.2. The maximum Gasteiger partial charge on any atom is 0.148 e. The second kappa shape index (κ2) is 14.9. The van der Waals surface area contributed by atoms with Crippen LogP contribution in [0.2, 0.25) is 0 Å². The van der Waals surface area contributed by atoms with E-state index in [9.17, 15) is 5.11 Å². The van der Waals surface area contributed by atoms with Crippen molar-refractivity contribution in [3.8, 4) is 56.3 Å². The van der Waals surface area contributed by atoms with E-state index in [2.05, 4.69) is 167 Å². The third-order valence-electron chi connectivity index (χ3n) is 10.7. The molecular formula is C51H54N3OPt-. The van der Waals surface area contributed by atoms with E-state index < -0.39 is 0 Å². The van der Waals surface area contributed by atoms with Crippen LogP contribution in [0.25, 0.3) is 61.6 Å². The molecule has 0 bridgehead atoms. The molecular weight excluding hydrogens is 866 g/mol. The van der Waals surface area contributed by atoms with Crippen molar-refractivity contribution in [1.82, 2.24) is 14.5 Å². The number of phenolic OH excluding ortho intramolecular Hbond substituents is 1. The number of pyridine rings is 1. The van der Waals surface area contributed by atoms with Gasteiger partial charge in [-0.15, -0.1) is 29.3 Å². The van der Waals surface area contributed by atoms with Crippen LogP contribution in [0.15, 0.2) is 103 Å². The number of aryl methyl sites for hydroxylation is 3. The van der Waals surface area contributed by atoms with Crippen LogP contribution in [0.3, 0.4) is 0 Å². The van der Waals surface area contributed by atoms with Crippen LogP contribution < -0.4 is 0 Å². The summed E-state index contributed by atoms with van der Waals surface area (Å²) in [6.07, 6.45) is 1.93. The first-order chi connectivity index (χ1) is 25.8. The molecule has 0 amide bonds. The number of phenols is 1. The number of para-hydroxylation sites is 2. The number of hydrogen-bond donors (Lipinski definition) is 1. The molecule has 0 saturated heterocycles. The number of nitrogens with zero attached hydrogens (tertiary/aromatic N) is 3. The van der Waals surface area contributed by atoms with Gasteiger partial charge >= 0.3 is 0 Å². The molecule has 0 aliphatic rings. The average Bonchev–Trinajstić information content (AvgIpc) is 3.49. The predicted octanol–water partition coefficient (Wildman–Crippen LogP) is 13.4. The molecule has 0 spiro atoms. The second-order valence-corrected chi connectivity index (χ2v) is 18.4. The molecule has 2 aromatic heterocycles. The van der Waals surface area contributed by atoms with Gasteiger partial charge in [0.05, 0.1) is 22.3 Å². The molecule has 7 rings (SSSR count). The summed E-state index contributed by atoms with van der Waals surface area (Å²) in [4.78, 5) is 10.3. The van der Waals surface area contributed by atoms with E-state index in [0.29, 0.717) is 11.4 Å². The third-order valence-corrected chi connectivity index (χ3v) is 10.7. The number of imidazole rings is 1. The van der Waals surface area contributed by atoms with Gasteiger partial charge in [-0.1, -0.05) is 140 Å². The summed E-state index contributed by atoms with van der Waals surface area (Å²) >= 11 is 0. The van der Waals surface area contributed by atoms with E-state index in [-0.39, 0.29) is 43.1 Å². The van der Waals surface area contributed by atoms with Gasteiger partial charge in [0.1, 0.15) is 11.6 Å². The maximum absolute atomic E-state index is 11.2. The van der Waals surface area contributed by atoms with Gasteiger partial charge < -0.3 is 5.11 Å². The first-order valence-electron chi connectivity index (χ1n) is 19.4. The summed E-state index contributed by atoms with van der Waals surface area (Å²) in [5.74, 6) is 0.893. The fraction of sp³-hybridized carbons (Fsp3) is 0.294. The van der Waals surface area contributed by atoms with Crippen LogP contribution in [-0.2, 0) is 37.3 Å². The summed E-state index contributed by atoms with van der Waals surface area (Å²) in [6.45, 7) is 26.9. The van der Waals surface area contributed by atoms with E-state index in [1.165, 1.54) is 27.8 Å². The van der Waals surface area contributed by atoms with Crippen molar-refractivity contribution < 1.29 is 26.2 Å². The van der Waals surface area contributed by atoms with Crippen molar-refractivity contribution in [3.63, 3.8) is 0 Å². The van der Waals surface area contributed by atoms with Crippen molar-refractivity contribution in [1.29, 1.82) is 0 Å². The molecule has 0 atom stereocenters. The van der Waals surface area contributed by atoms with Gasteiger partial charge in [-0.05, 0) is 94.7 Å². The van der Waals surface area contributed by atoms with Crippen molar-refractivity contribution in [2.75, 3.05) is 0 Å². The Bertz CT molecular complexity index is 2540. The topological polar surface area (TPSA) is 50.9 Å². The Kier molecular flexibility index (Phi) is 10.9. The molecule has 2 heterocycles. The monoisotopic (exact) mass is 919 g/mol. The molecule has 56 heavy (non-hydrogen) atoms. The van der Waals surface area contributed by atoms with Gasteiger partial charge in [0.2, 0.25) is 0 Å². The molecule has 5 heteroatoms. The largest absolute Gasteiger partial charge is 0.507 e. The van der Waals surface area contributed by atoms with Crippen LogP contribution in [0.4, 0.5) is 0 Å². The van der Waals surface area contributed by atoms with Gasteiger partial charge in [0.15, 0.2) is 0 Å². The second-order valence-electron chi connectivity index (χ2n) is 18.4. The van der Waals surface area contributed by atoms with Crippen LogP contribution in [0, 0.1) is 26.8 Å². The van der Waals surface area contributed by atoms with Gasteiger partial charge in [-0.3, -0.25) is 9.55 Å². The Morgan fingerprint density at radius 3 is 1.77 bits per heavy atom. The zero-order chi connectivity index (χ0) is 39.6. The molecule has 5 aromatic carbocycles. The fourth-order valence-corrected chi connectivity index (χ4v) is 7.62. The molecule has 0 radical (unpaired) electrons. The van der Waals surface area contributed by atoms with Gasteiger partial charge in [-0.2, -0.15) is 0 Å². The Balaban J connectivity index is 0.00000532. The minimum absolute atomic E-state index is 0. The van der Waals surface area contributed by atoms with E-state index in [1.807, 2.05) is 24.4 Å². The normalized spacial score (nSPS) is 12.2. The van der Waals surface area contributed by atoms with Crippen LogP contribution >= 0.6 is 0 Å². The Morgan fingerprint density at radius 2 is 1.16 bits per heavy atom. The van der Waals surface area contributed by atoms with Crippen molar-refractivity contribution >= 4 is 11.0 Å². The molecule has 7 aromatic rings. The number of benzene rings is 5. The average molecular weight is 920 g/mol. The van der Waals surface area contributed by atoms with Gasteiger partial charge in [0.25, 0.3) is 0 Å². The van der Waals surface area contributed by atoms with E-state index in [0.717, 1.165) is 55.8 Å². The standard InChI is InChI=1S/C51H54N3O.Pt/c1-31-22-32(2)47(33(3)23-31)54-44-18-15-17-41(46(44)53-48(54)42-16-13-14-19-45(42)55)36-24-37(28-38(27-36)49(4,5)6)43-29-34(20-21-52-43)35-25-39(50(7,8)9)30-40(26-35)51(10,11)12;/h13-23,25-30,55H,1-12H3;/q-1;. The quantitative estimate of drug-likeness (QED) is 0.175. The van der Waals surface area contributed by atoms with Crippen LogP contribution in [-0.4, -0.2) is 19.6 Å². The molecule has 0 fully saturated rings.